The number of methoxy groups -OCH3 is 1. The van der Waals surface area contributed by atoms with E-state index in [9.17, 15) is 4.79 Å². The molecule has 1 heterocycles. The molecule has 4 nitrogen and oxygen atoms in total. The number of halogens is 1. The first-order chi connectivity index (χ1) is 8.01. The minimum Gasteiger partial charge on any atom is -0.374 e. The quantitative estimate of drug-likeness (QED) is 0.787. The molecule has 1 aromatic heterocycles. The molecule has 1 rings (SSSR count). The van der Waals surface area contributed by atoms with Gasteiger partial charge in [-0.05, 0) is 13.3 Å². The second kappa shape index (κ2) is 6.17. The average molecular weight is 259 g/mol. The Morgan fingerprint density at radius 3 is 2.65 bits per heavy atom. The number of carbonyl (C=O) groups is 1. The number of carbonyl (C=O) groups excluding carboxylic acids is 1. The molecule has 17 heavy (non-hydrogen) atoms. The minimum atomic E-state index is -0.341. The van der Waals surface area contributed by atoms with Gasteiger partial charge in [-0.15, -0.1) is 0 Å². The summed E-state index contributed by atoms with van der Waals surface area (Å²) < 4.78 is 6.85. The molecule has 0 aliphatic heterocycles. The van der Waals surface area contributed by atoms with Gasteiger partial charge in [-0.1, -0.05) is 24.9 Å². The van der Waals surface area contributed by atoms with Gasteiger partial charge in [-0.25, -0.2) is 0 Å². The third kappa shape index (κ3) is 3.30. The van der Waals surface area contributed by atoms with E-state index in [1.54, 1.807) is 18.8 Å². The lowest BCUT2D eigenvalue weighted by Crippen LogP contribution is -2.25. The Bertz CT molecular complexity index is 401. The van der Waals surface area contributed by atoms with Crippen LogP contribution in [0.25, 0.3) is 0 Å². The number of aromatic nitrogens is 2. The van der Waals surface area contributed by atoms with Crippen LogP contribution in [0.3, 0.4) is 0 Å². The Hall–Kier alpha value is -0.870. The molecule has 0 saturated carbocycles. The number of ketones is 1. The lowest BCUT2D eigenvalue weighted by molar-refractivity contribution is -0.128. The number of hydrogen-bond donors (Lipinski definition) is 0. The summed E-state index contributed by atoms with van der Waals surface area (Å²) in [7, 11) is 3.36. The predicted octanol–water partition coefficient (Wildman–Crippen LogP) is 2.31. The van der Waals surface area contributed by atoms with Gasteiger partial charge in [0, 0.05) is 14.2 Å². The van der Waals surface area contributed by atoms with Crippen LogP contribution in [-0.4, -0.2) is 28.8 Å². The summed E-state index contributed by atoms with van der Waals surface area (Å²) in [5, 5.41) is 4.76. The zero-order valence-electron chi connectivity index (χ0n) is 10.8. The Kier molecular flexibility index (Phi) is 5.15. The number of aryl methyl sites for hydroxylation is 2. The van der Waals surface area contributed by atoms with Crippen LogP contribution >= 0.6 is 11.6 Å². The van der Waals surface area contributed by atoms with Gasteiger partial charge >= 0.3 is 0 Å². The van der Waals surface area contributed by atoms with Crippen LogP contribution in [0.5, 0.6) is 0 Å². The van der Waals surface area contributed by atoms with E-state index >= 15 is 0 Å². The highest BCUT2D eigenvalue weighted by atomic mass is 35.5. The standard InChI is InChI=1S/C12H19ClN2O2/c1-5-6-11(17-4)10(16)7-9-12(13)8(2)14-15(9)3/h11H,5-7H2,1-4H3. The van der Waals surface area contributed by atoms with Crippen LogP contribution in [0, 0.1) is 6.92 Å². The van der Waals surface area contributed by atoms with Crippen LogP contribution < -0.4 is 0 Å². The van der Waals surface area contributed by atoms with Crippen LogP contribution in [0.4, 0.5) is 0 Å². The van der Waals surface area contributed by atoms with Gasteiger partial charge in [-0.2, -0.15) is 5.10 Å². The van der Waals surface area contributed by atoms with Gasteiger partial charge in [0.2, 0.25) is 0 Å². The van der Waals surface area contributed by atoms with E-state index < -0.39 is 0 Å². The van der Waals surface area contributed by atoms with Gasteiger partial charge in [0.1, 0.15) is 6.10 Å². The van der Waals surface area contributed by atoms with E-state index in [-0.39, 0.29) is 18.3 Å². The zero-order valence-corrected chi connectivity index (χ0v) is 11.5. The first kappa shape index (κ1) is 14.2. The normalized spacial score (nSPS) is 12.8. The van der Waals surface area contributed by atoms with Crippen molar-refractivity contribution in [3.63, 3.8) is 0 Å². The van der Waals surface area contributed by atoms with E-state index in [1.165, 1.54) is 0 Å². The average Bonchev–Trinajstić information content (AvgIpc) is 2.52. The van der Waals surface area contributed by atoms with E-state index in [0.717, 1.165) is 24.2 Å². The van der Waals surface area contributed by atoms with E-state index in [0.29, 0.717) is 5.02 Å². The third-order valence-electron chi connectivity index (χ3n) is 2.80. The summed E-state index contributed by atoms with van der Waals surface area (Å²) in [5.41, 5.74) is 1.51. The number of nitrogens with zero attached hydrogens (tertiary/aromatic N) is 2. The predicted molar refractivity (Wildman–Crippen MR) is 67.4 cm³/mol. The summed E-state index contributed by atoms with van der Waals surface area (Å²) in [6.07, 6.45) is 1.59. The maximum atomic E-state index is 12.0. The van der Waals surface area contributed by atoms with Crippen molar-refractivity contribution in [1.29, 1.82) is 0 Å². The highest BCUT2D eigenvalue weighted by molar-refractivity contribution is 6.32. The fourth-order valence-corrected chi connectivity index (χ4v) is 2.05. The molecule has 0 radical (unpaired) electrons. The molecular weight excluding hydrogens is 240 g/mol. The van der Waals surface area contributed by atoms with Gasteiger partial charge in [0.15, 0.2) is 5.78 Å². The van der Waals surface area contributed by atoms with Gasteiger partial charge in [-0.3, -0.25) is 9.48 Å². The first-order valence-corrected chi connectivity index (χ1v) is 6.12. The molecule has 0 fully saturated rings. The van der Waals surface area contributed by atoms with Crippen molar-refractivity contribution in [2.45, 2.75) is 39.2 Å². The number of rotatable bonds is 6. The lowest BCUT2D eigenvalue weighted by atomic mass is 10.1. The highest BCUT2D eigenvalue weighted by Gasteiger charge is 2.21. The van der Waals surface area contributed by atoms with Crippen molar-refractivity contribution in [3.05, 3.63) is 16.4 Å². The Morgan fingerprint density at radius 1 is 1.59 bits per heavy atom. The summed E-state index contributed by atoms with van der Waals surface area (Å²) in [5.74, 6) is 0.0549. The lowest BCUT2D eigenvalue weighted by Gasteiger charge is -2.13. The molecule has 1 aromatic rings. The second-order valence-electron chi connectivity index (χ2n) is 4.13. The van der Waals surface area contributed by atoms with Crippen LogP contribution in [0.1, 0.15) is 31.2 Å². The fourth-order valence-electron chi connectivity index (χ4n) is 1.82. The number of hydrogen-bond acceptors (Lipinski definition) is 3. The summed E-state index contributed by atoms with van der Waals surface area (Å²) in [4.78, 5) is 12.0. The first-order valence-electron chi connectivity index (χ1n) is 5.74. The van der Waals surface area contributed by atoms with E-state index in [4.69, 9.17) is 16.3 Å². The molecule has 1 unspecified atom stereocenters. The topological polar surface area (TPSA) is 44.1 Å². The fraction of sp³-hybridized carbons (Fsp3) is 0.667. The molecule has 1 atom stereocenters. The zero-order chi connectivity index (χ0) is 13.0. The molecule has 0 saturated heterocycles. The van der Waals surface area contributed by atoms with Gasteiger partial charge in [0.05, 0.1) is 22.8 Å². The summed E-state index contributed by atoms with van der Waals surface area (Å²) in [6, 6.07) is 0. The molecule has 5 heteroatoms. The molecule has 96 valence electrons. The second-order valence-corrected chi connectivity index (χ2v) is 4.50. The van der Waals surface area contributed by atoms with Crippen molar-refractivity contribution in [3.8, 4) is 0 Å². The molecule has 0 aliphatic rings. The van der Waals surface area contributed by atoms with Crippen molar-refractivity contribution < 1.29 is 9.53 Å². The molecular formula is C12H19ClN2O2. The third-order valence-corrected chi connectivity index (χ3v) is 3.29. The van der Waals surface area contributed by atoms with Crippen LogP contribution in [-0.2, 0) is 23.0 Å². The van der Waals surface area contributed by atoms with Crippen molar-refractivity contribution in [2.24, 2.45) is 7.05 Å². The molecule has 0 aliphatic carbocycles. The maximum Gasteiger partial charge on any atom is 0.167 e. The van der Waals surface area contributed by atoms with Crippen molar-refractivity contribution >= 4 is 17.4 Å². The molecule has 0 N–H and O–H groups in total. The van der Waals surface area contributed by atoms with E-state index in [2.05, 4.69) is 5.10 Å². The minimum absolute atomic E-state index is 0.0549. The van der Waals surface area contributed by atoms with E-state index in [1.807, 2.05) is 13.8 Å². The molecule has 0 aromatic carbocycles. The highest BCUT2D eigenvalue weighted by Crippen LogP contribution is 2.21. The SMILES string of the molecule is CCCC(OC)C(=O)Cc1c(Cl)c(C)nn1C. The Morgan fingerprint density at radius 2 is 2.24 bits per heavy atom. The Balaban J connectivity index is 2.80. The monoisotopic (exact) mass is 258 g/mol. The maximum absolute atomic E-state index is 12.0. The molecule has 0 bridgehead atoms. The smallest absolute Gasteiger partial charge is 0.167 e. The largest absolute Gasteiger partial charge is 0.374 e. The number of ether oxygens (including phenoxy) is 1. The van der Waals surface area contributed by atoms with Crippen LogP contribution in [0.2, 0.25) is 5.02 Å². The molecule has 0 spiro atoms. The van der Waals surface area contributed by atoms with Crippen molar-refractivity contribution in [2.75, 3.05) is 7.11 Å². The number of Topliss-reactive ketones (excluding diaryl/α,β-unsaturated/α-hetero) is 1. The summed E-state index contributed by atoms with van der Waals surface area (Å²) in [6.45, 7) is 3.86. The van der Waals surface area contributed by atoms with Crippen molar-refractivity contribution in [1.82, 2.24) is 9.78 Å². The van der Waals surface area contributed by atoms with Gasteiger partial charge < -0.3 is 4.74 Å². The summed E-state index contributed by atoms with van der Waals surface area (Å²) >= 11 is 6.11. The molecule has 0 amide bonds. The van der Waals surface area contributed by atoms with Crippen LogP contribution in [0.15, 0.2) is 0 Å². The van der Waals surface area contributed by atoms with Gasteiger partial charge in [0.25, 0.3) is 0 Å². The Labute approximate surface area is 107 Å².